The van der Waals surface area contributed by atoms with Crippen molar-refractivity contribution in [2.75, 3.05) is 0 Å². The largest absolute Gasteiger partial charge is 0.0619 e. The van der Waals surface area contributed by atoms with E-state index >= 15 is 0 Å². The van der Waals surface area contributed by atoms with Crippen LogP contribution in [0.15, 0.2) is 120 Å². The van der Waals surface area contributed by atoms with Gasteiger partial charge in [0.1, 0.15) is 0 Å². The molecule has 2 aliphatic rings. The fraction of sp³-hybridized carbons (Fsp3) is 0.0625. The molecule has 5 aromatic rings. The quantitative estimate of drug-likeness (QED) is 0.230. The molecule has 0 radical (unpaired) electrons. The average Bonchev–Trinajstić information content (AvgIpc) is 3.37. The minimum Gasteiger partial charge on any atom is -0.0619 e. The first-order valence-corrected chi connectivity index (χ1v) is 12.3. The lowest BCUT2D eigenvalue weighted by Crippen LogP contribution is -2.04. The first kappa shape index (κ1) is 19.1. The van der Waals surface area contributed by atoms with E-state index in [0.717, 1.165) is 4.47 Å². The molecule has 0 saturated carbocycles. The summed E-state index contributed by atoms with van der Waals surface area (Å²) in [5.41, 5.74) is 13.7. The van der Waals surface area contributed by atoms with Crippen molar-refractivity contribution in [3.8, 4) is 22.3 Å². The van der Waals surface area contributed by atoms with Crippen molar-refractivity contribution in [3.63, 3.8) is 0 Å². The van der Waals surface area contributed by atoms with Crippen LogP contribution < -0.4 is 0 Å². The van der Waals surface area contributed by atoms with Crippen LogP contribution in [0.2, 0.25) is 0 Å². The smallest absolute Gasteiger partial charge is 0.0352 e. The normalized spacial score (nSPS) is 14.0. The fourth-order valence-electron chi connectivity index (χ4n) is 6.00. The van der Waals surface area contributed by atoms with Gasteiger partial charge >= 0.3 is 0 Å². The molecule has 0 aliphatic heterocycles. The number of fused-ring (bicyclic) bond motifs is 6. The van der Waals surface area contributed by atoms with Gasteiger partial charge in [-0.05, 0) is 67.8 Å². The summed E-state index contributed by atoms with van der Waals surface area (Å²) < 4.78 is 1.14. The number of halogens is 1. The van der Waals surface area contributed by atoms with Crippen LogP contribution >= 0.6 is 15.9 Å². The van der Waals surface area contributed by atoms with Gasteiger partial charge in [0.05, 0.1) is 0 Å². The van der Waals surface area contributed by atoms with Crippen LogP contribution in [0, 0.1) is 0 Å². The molecule has 0 aromatic heterocycles. The van der Waals surface area contributed by atoms with E-state index in [9.17, 15) is 0 Å². The van der Waals surface area contributed by atoms with E-state index in [1.807, 2.05) is 0 Å². The third kappa shape index (κ3) is 2.82. The van der Waals surface area contributed by atoms with Crippen LogP contribution in [0.3, 0.4) is 0 Å². The Balaban J connectivity index is 1.44. The topological polar surface area (TPSA) is 0 Å². The van der Waals surface area contributed by atoms with E-state index < -0.39 is 0 Å². The van der Waals surface area contributed by atoms with Gasteiger partial charge in [-0.15, -0.1) is 0 Å². The van der Waals surface area contributed by atoms with Crippen LogP contribution in [-0.2, 0) is 0 Å². The highest BCUT2D eigenvalue weighted by Crippen LogP contribution is 2.51. The Morgan fingerprint density at radius 1 is 0.394 bits per heavy atom. The Morgan fingerprint density at radius 3 is 1.03 bits per heavy atom. The summed E-state index contributed by atoms with van der Waals surface area (Å²) >= 11 is 3.87. The van der Waals surface area contributed by atoms with Crippen molar-refractivity contribution >= 4 is 15.9 Å². The molecule has 0 atom stereocenters. The van der Waals surface area contributed by atoms with Gasteiger partial charge in [-0.1, -0.05) is 119 Å². The van der Waals surface area contributed by atoms with Crippen molar-refractivity contribution < 1.29 is 0 Å². The van der Waals surface area contributed by atoms with Gasteiger partial charge < -0.3 is 0 Å². The molecule has 1 heteroatoms. The van der Waals surface area contributed by atoms with E-state index in [4.69, 9.17) is 0 Å². The van der Waals surface area contributed by atoms with Crippen molar-refractivity contribution in [1.82, 2.24) is 0 Å². The molecule has 2 aliphatic carbocycles. The summed E-state index contributed by atoms with van der Waals surface area (Å²) in [6.07, 6.45) is 0. The Hall–Kier alpha value is -3.42. The molecule has 0 N–H and O–H groups in total. The molecule has 0 nitrogen and oxygen atoms in total. The second-order valence-corrected chi connectivity index (χ2v) is 9.95. The van der Waals surface area contributed by atoms with Gasteiger partial charge in [-0.2, -0.15) is 0 Å². The Morgan fingerprint density at radius 2 is 0.697 bits per heavy atom. The molecule has 5 aromatic carbocycles. The third-order valence-electron chi connectivity index (χ3n) is 7.28. The predicted octanol–water partition coefficient (Wildman–Crippen LogP) is 8.77. The van der Waals surface area contributed by atoms with E-state index in [-0.39, 0.29) is 11.8 Å². The molecule has 0 amide bonds. The van der Waals surface area contributed by atoms with Crippen molar-refractivity contribution in [1.29, 1.82) is 0 Å². The van der Waals surface area contributed by atoms with Gasteiger partial charge in [-0.25, -0.2) is 0 Å². The van der Waals surface area contributed by atoms with E-state index in [1.165, 1.54) is 55.6 Å². The molecule has 33 heavy (non-hydrogen) atoms. The first-order valence-electron chi connectivity index (χ1n) is 11.5. The highest BCUT2D eigenvalue weighted by Gasteiger charge is 2.32. The number of hydrogen-bond donors (Lipinski definition) is 0. The second kappa shape index (κ2) is 7.30. The lowest BCUT2D eigenvalue weighted by atomic mass is 9.84. The maximum absolute atomic E-state index is 3.87. The Bertz CT molecular complexity index is 1340. The highest BCUT2D eigenvalue weighted by molar-refractivity contribution is 9.10. The Labute approximate surface area is 202 Å². The number of hydrogen-bond acceptors (Lipinski definition) is 0. The zero-order chi connectivity index (χ0) is 21.9. The summed E-state index contributed by atoms with van der Waals surface area (Å²) in [7, 11) is 0. The number of benzene rings is 5. The van der Waals surface area contributed by atoms with Gasteiger partial charge in [0.2, 0.25) is 0 Å². The standard InChI is InChI=1S/C32H21Br/c33-22-18-20(31-27-13-5-1-9-23(27)24-10-2-6-14-28(24)31)17-21(19-22)32-29-15-7-3-11-25(29)26-12-4-8-16-30(26)32/h1-19,31-32H. The molecule has 0 unspecified atom stereocenters. The molecule has 0 heterocycles. The van der Waals surface area contributed by atoms with Crippen LogP contribution in [0.25, 0.3) is 22.3 Å². The summed E-state index contributed by atoms with van der Waals surface area (Å²) in [5, 5.41) is 0. The molecule has 156 valence electrons. The molecule has 0 saturated heterocycles. The monoisotopic (exact) mass is 484 g/mol. The van der Waals surface area contributed by atoms with Crippen LogP contribution in [0.4, 0.5) is 0 Å². The third-order valence-corrected chi connectivity index (χ3v) is 7.73. The molecular formula is C32H21Br. The summed E-state index contributed by atoms with van der Waals surface area (Å²) in [5.74, 6) is 0.501. The van der Waals surface area contributed by atoms with Gasteiger partial charge in [0.25, 0.3) is 0 Å². The van der Waals surface area contributed by atoms with Crippen LogP contribution in [0.5, 0.6) is 0 Å². The zero-order valence-corrected chi connectivity index (χ0v) is 19.6. The molecule has 0 fully saturated rings. The van der Waals surface area contributed by atoms with Crippen molar-refractivity contribution in [2.24, 2.45) is 0 Å². The summed E-state index contributed by atoms with van der Waals surface area (Å²) in [4.78, 5) is 0. The lowest BCUT2D eigenvalue weighted by Gasteiger charge is -2.20. The average molecular weight is 485 g/mol. The number of rotatable bonds is 2. The van der Waals surface area contributed by atoms with Crippen molar-refractivity contribution in [3.05, 3.63) is 153 Å². The van der Waals surface area contributed by atoms with E-state index in [2.05, 4.69) is 131 Å². The minimum atomic E-state index is 0.251. The first-order chi connectivity index (χ1) is 16.3. The van der Waals surface area contributed by atoms with E-state index in [1.54, 1.807) is 0 Å². The zero-order valence-electron chi connectivity index (χ0n) is 18.0. The van der Waals surface area contributed by atoms with Crippen LogP contribution in [0.1, 0.15) is 45.2 Å². The molecule has 0 bridgehead atoms. The molecule has 0 spiro atoms. The minimum absolute atomic E-state index is 0.251. The summed E-state index contributed by atoms with van der Waals surface area (Å²) in [6.45, 7) is 0. The van der Waals surface area contributed by atoms with E-state index in [0.29, 0.717) is 0 Å². The SMILES string of the molecule is Brc1cc(C2c3ccccc3-c3ccccc32)cc(C2c3ccccc3-c3ccccc32)c1. The lowest BCUT2D eigenvalue weighted by molar-refractivity contribution is 0.970. The highest BCUT2D eigenvalue weighted by atomic mass is 79.9. The predicted molar refractivity (Wildman–Crippen MR) is 140 cm³/mol. The maximum atomic E-state index is 3.87. The van der Waals surface area contributed by atoms with Gasteiger partial charge in [0.15, 0.2) is 0 Å². The van der Waals surface area contributed by atoms with Crippen LogP contribution in [-0.4, -0.2) is 0 Å². The summed E-state index contributed by atoms with van der Waals surface area (Å²) in [6, 6.07) is 42.5. The Kier molecular flexibility index (Phi) is 4.22. The van der Waals surface area contributed by atoms with Crippen molar-refractivity contribution in [2.45, 2.75) is 11.8 Å². The molecule has 7 rings (SSSR count). The second-order valence-electron chi connectivity index (χ2n) is 9.03. The molecular weight excluding hydrogens is 464 g/mol. The van der Waals surface area contributed by atoms with Gasteiger partial charge in [-0.3, -0.25) is 0 Å². The maximum Gasteiger partial charge on any atom is 0.0352 e. The fourth-order valence-corrected chi connectivity index (χ4v) is 6.53. The van der Waals surface area contributed by atoms with Gasteiger partial charge in [0, 0.05) is 16.3 Å².